The summed E-state index contributed by atoms with van der Waals surface area (Å²) in [5.41, 5.74) is 1.12. The maximum Gasteiger partial charge on any atom is 0.270 e. The standard InChI is InChI=1S/C12H16N2O2S/c1-17-8-11(15)9-6-10(13-7-9)12(16)14-4-2-3-5-14/h6-7,13H,2-5,8H2,1H3. The molecule has 0 aliphatic carbocycles. The van der Waals surface area contributed by atoms with Crippen LogP contribution in [0.1, 0.15) is 33.7 Å². The summed E-state index contributed by atoms with van der Waals surface area (Å²) in [6.07, 6.45) is 5.66. The highest BCUT2D eigenvalue weighted by molar-refractivity contribution is 7.99. The quantitative estimate of drug-likeness (QED) is 0.831. The first-order chi connectivity index (χ1) is 8.22. The van der Waals surface area contributed by atoms with Crippen LogP contribution in [0, 0.1) is 0 Å². The number of carbonyl (C=O) groups excluding carboxylic acids is 2. The Kier molecular flexibility index (Phi) is 3.89. The lowest BCUT2D eigenvalue weighted by atomic mass is 10.2. The molecule has 0 unspecified atom stereocenters. The van der Waals surface area contributed by atoms with Gasteiger partial charge in [-0.15, -0.1) is 0 Å². The van der Waals surface area contributed by atoms with E-state index in [0.717, 1.165) is 25.9 Å². The fraction of sp³-hybridized carbons (Fsp3) is 0.500. The molecule has 1 aliphatic heterocycles. The number of hydrogen-bond acceptors (Lipinski definition) is 3. The highest BCUT2D eigenvalue weighted by Crippen LogP contribution is 2.14. The van der Waals surface area contributed by atoms with Crippen molar-refractivity contribution in [3.8, 4) is 0 Å². The van der Waals surface area contributed by atoms with Gasteiger partial charge in [-0.1, -0.05) is 0 Å². The second kappa shape index (κ2) is 5.40. The normalized spacial score (nSPS) is 15.2. The molecule has 0 atom stereocenters. The Morgan fingerprint density at radius 1 is 1.41 bits per heavy atom. The molecule has 1 saturated heterocycles. The van der Waals surface area contributed by atoms with Crippen LogP contribution in [0.15, 0.2) is 12.3 Å². The van der Waals surface area contributed by atoms with Crippen LogP contribution in [0.3, 0.4) is 0 Å². The van der Waals surface area contributed by atoms with E-state index < -0.39 is 0 Å². The highest BCUT2D eigenvalue weighted by atomic mass is 32.2. The van der Waals surface area contributed by atoms with Crippen molar-refractivity contribution in [1.29, 1.82) is 0 Å². The summed E-state index contributed by atoms with van der Waals surface area (Å²) in [5.74, 6) is 0.523. The van der Waals surface area contributed by atoms with Crippen LogP contribution < -0.4 is 0 Å². The number of nitrogens with zero attached hydrogens (tertiary/aromatic N) is 1. The first kappa shape index (κ1) is 12.2. The summed E-state index contributed by atoms with van der Waals surface area (Å²) >= 11 is 1.49. The van der Waals surface area contributed by atoms with E-state index in [1.807, 2.05) is 11.2 Å². The largest absolute Gasteiger partial charge is 0.356 e. The zero-order chi connectivity index (χ0) is 12.3. The number of ketones is 1. The molecule has 5 heteroatoms. The Labute approximate surface area is 105 Å². The third kappa shape index (κ3) is 2.72. The van der Waals surface area contributed by atoms with Gasteiger partial charge in [0.05, 0.1) is 5.75 Å². The third-order valence-corrected chi connectivity index (χ3v) is 3.45. The molecule has 1 amide bonds. The van der Waals surface area contributed by atoms with E-state index in [9.17, 15) is 9.59 Å². The number of nitrogens with one attached hydrogen (secondary N) is 1. The van der Waals surface area contributed by atoms with Crippen LogP contribution in [-0.2, 0) is 0 Å². The molecule has 1 aromatic heterocycles. The van der Waals surface area contributed by atoms with Gasteiger partial charge in [-0.25, -0.2) is 0 Å². The van der Waals surface area contributed by atoms with Crippen LogP contribution >= 0.6 is 11.8 Å². The molecular formula is C12H16N2O2S. The number of aromatic amines is 1. The smallest absolute Gasteiger partial charge is 0.270 e. The zero-order valence-corrected chi connectivity index (χ0v) is 10.7. The van der Waals surface area contributed by atoms with Crippen LogP contribution in [0.4, 0.5) is 0 Å². The monoisotopic (exact) mass is 252 g/mol. The number of thioether (sulfide) groups is 1. The van der Waals surface area contributed by atoms with Gasteiger partial charge in [-0.3, -0.25) is 9.59 Å². The average Bonchev–Trinajstić information content (AvgIpc) is 3.00. The fourth-order valence-corrected chi connectivity index (χ4v) is 2.41. The molecule has 0 radical (unpaired) electrons. The van der Waals surface area contributed by atoms with Gasteiger partial charge in [0.25, 0.3) is 5.91 Å². The minimum Gasteiger partial charge on any atom is -0.356 e. The van der Waals surface area contributed by atoms with Gasteiger partial charge in [0.2, 0.25) is 0 Å². The number of amides is 1. The highest BCUT2D eigenvalue weighted by Gasteiger charge is 2.21. The average molecular weight is 252 g/mol. The SMILES string of the molecule is CSCC(=O)c1c[nH]c(C(=O)N2CCCC2)c1. The number of Topliss-reactive ketones (excluding diaryl/α,β-unsaturated/α-hetero) is 1. The van der Waals surface area contributed by atoms with Gasteiger partial charge < -0.3 is 9.88 Å². The third-order valence-electron chi connectivity index (χ3n) is 2.90. The van der Waals surface area contributed by atoms with E-state index in [-0.39, 0.29) is 11.7 Å². The summed E-state index contributed by atoms with van der Waals surface area (Å²) in [6.45, 7) is 1.65. The molecule has 0 spiro atoms. The van der Waals surface area contributed by atoms with Gasteiger partial charge in [0.15, 0.2) is 5.78 Å². The summed E-state index contributed by atoms with van der Waals surface area (Å²) in [4.78, 5) is 28.4. The number of hydrogen-bond donors (Lipinski definition) is 1. The van der Waals surface area contributed by atoms with Crippen molar-refractivity contribution < 1.29 is 9.59 Å². The topological polar surface area (TPSA) is 53.2 Å². The van der Waals surface area contributed by atoms with Crippen LogP contribution in [-0.4, -0.2) is 46.7 Å². The van der Waals surface area contributed by atoms with E-state index >= 15 is 0 Å². The minimum absolute atomic E-state index is 0.00528. The Morgan fingerprint density at radius 3 is 2.76 bits per heavy atom. The Balaban J connectivity index is 2.07. The van der Waals surface area contributed by atoms with Crippen molar-refractivity contribution in [3.63, 3.8) is 0 Å². The second-order valence-electron chi connectivity index (χ2n) is 4.16. The van der Waals surface area contributed by atoms with Gasteiger partial charge >= 0.3 is 0 Å². The number of aromatic nitrogens is 1. The molecule has 92 valence electrons. The molecule has 1 aliphatic rings. The minimum atomic E-state index is 0.00528. The first-order valence-corrected chi connectivity index (χ1v) is 7.11. The van der Waals surface area contributed by atoms with Crippen LogP contribution in [0.5, 0.6) is 0 Å². The van der Waals surface area contributed by atoms with Crippen molar-refractivity contribution in [2.45, 2.75) is 12.8 Å². The summed E-state index contributed by atoms with van der Waals surface area (Å²) in [6, 6.07) is 1.67. The summed E-state index contributed by atoms with van der Waals surface area (Å²) < 4.78 is 0. The van der Waals surface area contributed by atoms with Crippen molar-refractivity contribution in [2.24, 2.45) is 0 Å². The Morgan fingerprint density at radius 2 is 2.12 bits per heavy atom. The zero-order valence-electron chi connectivity index (χ0n) is 9.86. The number of H-pyrrole nitrogens is 1. The molecule has 0 aromatic carbocycles. The summed E-state index contributed by atoms with van der Waals surface area (Å²) in [5, 5.41) is 0. The maximum absolute atomic E-state index is 12.0. The predicted octanol–water partition coefficient (Wildman–Crippen LogP) is 1.80. The lowest BCUT2D eigenvalue weighted by Crippen LogP contribution is -2.27. The molecule has 1 fully saturated rings. The lowest BCUT2D eigenvalue weighted by Gasteiger charge is -2.13. The van der Waals surface area contributed by atoms with E-state index in [2.05, 4.69) is 4.98 Å². The van der Waals surface area contributed by atoms with Gasteiger partial charge in [0, 0.05) is 24.8 Å². The number of rotatable bonds is 4. The van der Waals surface area contributed by atoms with E-state index in [0.29, 0.717) is 17.0 Å². The van der Waals surface area contributed by atoms with Crippen molar-refractivity contribution in [3.05, 3.63) is 23.5 Å². The van der Waals surface area contributed by atoms with E-state index in [1.165, 1.54) is 11.8 Å². The lowest BCUT2D eigenvalue weighted by molar-refractivity contribution is 0.0787. The van der Waals surface area contributed by atoms with Crippen LogP contribution in [0.2, 0.25) is 0 Å². The van der Waals surface area contributed by atoms with Gasteiger partial charge in [-0.2, -0.15) is 11.8 Å². The Hall–Kier alpha value is -1.23. The molecule has 0 saturated carbocycles. The molecule has 1 N–H and O–H groups in total. The number of carbonyl (C=O) groups is 2. The molecule has 0 bridgehead atoms. The van der Waals surface area contributed by atoms with Crippen molar-refractivity contribution in [2.75, 3.05) is 25.1 Å². The molecule has 2 rings (SSSR count). The van der Waals surface area contributed by atoms with Crippen LogP contribution in [0.25, 0.3) is 0 Å². The first-order valence-electron chi connectivity index (χ1n) is 5.72. The van der Waals surface area contributed by atoms with E-state index in [1.54, 1.807) is 12.3 Å². The van der Waals surface area contributed by atoms with Crippen molar-refractivity contribution in [1.82, 2.24) is 9.88 Å². The Bertz CT molecular complexity index is 422. The molecule has 17 heavy (non-hydrogen) atoms. The van der Waals surface area contributed by atoms with Gasteiger partial charge in [0.1, 0.15) is 5.69 Å². The second-order valence-corrected chi connectivity index (χ2v) is 5.02. The fourth-order valence-electron chi connectivity index (χ4n) is 1.98. The predicted molar refractivity (Wildman–Crippen MR) is 68.6 cm³/mol. The maximum atomic E-state index is 12.0. The van der Waals surface area contributed by atoms with E-state index in [4.69, 9.17) is 0 Å². The molecular weight excluding hydrogens is 236 g/mol. The summed E-state index contributed by atoms with van der Waals surface area (Å²) in [7, 11) is 0. The molecule has 4 nitrogen and oxygen atoms in total. The molecule has 2 heterocycles. The molecule has 1 aromatic rings. The van der Waals surface area contributed by atoms with Crippen molar-refractivity contribution >= 4 is 23.5 Å². The number of likely N-dealkylation sites (tertiary alicyclic amines) is 1. The van der Waals surface area contributed by atoms with Gasteiger partial charge in [-0.05, 0) is 25.2 Å².